The molecule has 0 spiro atoms. The number of aliphatic hydroxyl groups is 2. The Balaban J connectivity index is 2.23. The van der Waals surface area contributed by atoms with Gasteiger partial charge in [-0.15, -0.1) is 0 Å². The molecule has 2 aromatic carbocycles. The molecule has 0 fully saturated rings. The van der Waals surface area contributed by atoms with Crippen LogP contribution < -0.4 is 0 Å². The Morgan fingerprint density at radius 1 is 0.944 bits per heavy atom. The Labute approximate surface area is 107 Å². The Morgan fingerprint density at radius 3 is 2.28 bits per heavy atom. The summed E-state index contributed by atoms with van der Waals surface area (Å²) >= 11 is 0. The number of hydrogen-bond donors (Lipinski definition) is 2. The third kappa shape index (κ3) is 1.57. The van der Waals surface area contributed by atoms with E-state index in [-0.39, 0.29) is 19.1 Å². The maximum absolute atomic E-state index is 9.65. The standard InChI is InChI=1S/C16H16O2/c1-10-2-4-12-13-5-3-11(8-17)7-15(13)16(9-18)14(12)6-10/h2-7,16-18H,8-9H2,1H3. The lowest BCUT2D eigenvalue weighted by Crippen LogP contribution is -2.02. The summed E-state index contributed by atoms with van der Waals surface area (Å²) in [5.41, 5.74) is 6.83. The van der Waals surface area contributed by atoms with E-state index < -0.39 is 0 Å². The maximum Gasteiger partial charge on any atom is 0.0681 e. The molecule has 1 aliphatic carbocycles. The summed E-state index contributed by atoms with van der Waals surface area (Å²) in [7, 11) is 0. The average molecular weight is 240 g/mol. The summed E-state index contributed by atoms with van der Waals surface area (Å²) in [6.07, 6.45) is 0. The normalized spacial score (nSPS) is 16.5. The topological polar surface area (TPSA) is 40.5 Å². The average Bonchev–Trinajstić information content (AvgIpc) is 2.70. The molecule has 1 atom stereocenters. The van der Waals surface area contributed by atoms with E-state index >= 15 is 0 Å². The first-order valence-electron chi connectivity index (χ1n) is 6.20. The summed E-state index contributed by atoms with van der Waals surface area (Å²) in [5, 5.41) is 18.9. The van der Waals surface area contributed by atoms with E-state index in [1.165, 1.54) is 22.3 Å². The van der Waals surface area contributed by atoms with E-state index in [0.717, 1.165) is 11.1 Å². The molecule has 0 aromatic heterocycles. The molecule has 0 radical (unpaired) electrons. The number of fused-ring (bicyclic) bond motifs is 3. The maximum atomic E-state index is 9.65. The molecule has 0 bridgehead atoms. The number of aliphatic hydroxyl groups excluding tert-OH is 2. The Morgan fingerprint density at radius 2 is 1.61 bits per heavy atom. The molecular formula is C16H16O2. The zero-order valence-electron chi connectivity index (χ0n) is 10.4. The van der Waals surface area contributed by atoms with Crippen molar-refractivity contribution in [1.82, 2.24) is 0 Å². The van der Waals surface area contributed by atoms with Crippen LogP contribution in [0.5, 0.6) is 0 Å². The number of rotatable bonds is 2. The fraction of sp³-hybridized carbons (Fsp3) is 0.250. The third-order valence-corrected chi connectivity index (χ3v) is 3.73. The van der Waals surface area contributed by atoms with Crippen molar-refractivity contribution in [2.45, 2.75) is 19.4 Å². The van der Waals surface area contributed by atoms with Crippen LogP contribution in [-0.4, -0.2) is 16.8 Å². The first kappa shape index (κ1) is 11.5. The second-order valence-corrected chi connectivity index (χ2v) is 4.91. The summed E-state index contributed by atoms with van der Waals surface area (Å²) < 4.78 is 0. The fourth-order valence-corrected chi connectivity index (χ4v) is 2.82. The minimum Gasteiger partial charge on any atom is -0.395 e. The van der Waals surface area contributed by atoms with Gasteiger partial charge < -0.3 is 10.2 Å². The first-order chi connectivity index (χ1) is 8.74. The molecule has 0 amide bonds. The molecule has 0 heterocycles. The van der Waals surface area contributed by atoms with E-state index in [2.05, 4.69) is 25.1 Å². The largest absolute Gasteiger partial charge is 0.395 e. The van der Waals surface area contributed by atoms with Gasteiger partial charge in [-0.2, -0.15) is 0 Å². The van der Waals surface area contributed by atoms with Crippen LogP contribution in [0.3, 0.4) is 0 Å². The highest BCUT2D eigenvalue weighted by Gasteiger charge is 2.28. The Bertz CT molecular complexity index is 602. The van der Waals surface area contributed by atoms with Crippen molar-refractivity contribution in [2.24, 2.45) is 0 Å². The molecule has 1 unspecified atom stereocenters. The molecule has 3 rings (SSSR count). The van der Waals surface area contributed by atoms with Crippen LogP contribution in [-0.2, 0) is 6.61 Å². The van der Waals surface area contributed by atoms with Crippen molar-refractivity contribution >= 4 is 0 Å². The highest BCUT2D eigenvalue weighted by atomic mass is 16.3. The lowest BCUT2D eigenvalue weighted by Gasteiger charge is -2.10. The van der Waals surface area contributed by atoms with Gasteiger partial charge in [-0.05, 0) is 34.7 Å². The van der Waals surface area contributed by atoms with E-state index in [1.54, 1.807) is 0 Å². The Hall–Kier alpha value is -1.64. The van der Waals surface area contributed by atoms with E-state index in [4.69, 9.17) is 0 Å². The smallest absolute Gasteiger partial charge is 0.0681 e. The zero-order valence-corrected chi connectivity index (χ0v) is 10.4. The monoisotopic (exact) mass is 240 g/mol. The summed E-state index contributed by atoms with van der Waals surface area (Å²) in [5.74, 6) is 0.0430. The Kier molecular flexibility index (Phi) is 2.69. The molecule has 92 valence electrons. The molecule has 2 heteroatoms. The molecule has 2 nitrogen and oxygen atoms in total. The molecule has 2 aromatic rings. The van der Waals surface area contributed by atoms with Gasteiger partial charge in [0.05, 0.1) is 13.2 Å². The van der Waals surface area contributed by atoms with Crippen LogP contribution in [0.25, 0.3) is 11.1 Å². The number of aryl methyl sites for hydroxylation is 1. The van der Waals surface area contributed by atoms with Gasteiger partial charge in [0.2, 0.25) is 0 Å². The zero-order chi connectivity index (χ0) is 12.7. The lowest BCUT2D eigenvalue weighted by atomic mass is 9.96. The van der Waals surface area contributed by atoms with Crippen LogP contribution in [0.15, 0.2) is 36.4 Å². The van der Waals surface area contributed by atoms with Gasteiger partial charge in [-0.3, -0.25) is 0 Å². The van der Waals surface area contributed by atoms with Crippen molar-refractivity contribution in [3.05, 3.63) is 58.7 Å². The van der Waals surface area contributed by atoms with Crippen LogP contribution in [0.4, 0.5) is 0 Å². The molecule has 0 saturated carbocycles. The summed E-state index contributed by atoms with van der Waals surface area (Å²) in [6, 6.07) is 12.4. The first-order valence-corrected chi connectivity index (χ1v) is 6.20. The van der Waals surface area contributed by atoms with Crippen molar-refractivity contribution in [1.29, 1.82) is 0 Å². The van der Waals surface area contributed by atoms with E-state index in [0.29, 0.717) is 0 Å². The van der Waals surface area contributed by atoms with E-state index in [9.17, 15) is 10.2 Å². The van der Waals surface area contributed by atoms with Crippen molar-refractivity contribution in [3.63, 3.8) is 0 Å². The van der Waals surface area contributed by atoms with Crippen molar-refractivity contribution in [2.75, 3.05) is 6.61 Å². The van der Waals surface area contributed by atoms with Gasteiger partial charge in [0, 0.05) is 5.92 Å². The molecular weight excluding hydrogens is 224 g/mol. The van der Waals surface area contributed by atoms with Crippen LogP contribution in [0, 0.1) is 6.92 Å². The minimum absolute atomic E-state index is 0.0425. The van der Waals surface area contributed by atoms with Crippen LogP contribution >= 0.6 is 0 Å². The van der Waals surface area contributed by atoms with Gasteiger partial charge >= 0.3 is 0 Å². The second-order valence-electron chi connectivity index (χ2n) is 4.91. The molecule has 0 aliphatic heterocycles. The SMILES string of the molecule is Cc1ccc2c(c1)C(CO)c1cc(CO)ccc1-2. The van der Waals surface area contributed by atoms with Gasteiger partial charge in [-0.1, -0.05) is 42.0 Å². The highest BCUT2D eigenvalue weighted by molar-refractivity contribution is 5.79. The van der Waals surface area contributed by atoms with Crippen LogP contribution in [0.2, 0.25) is 0 Å². The summed E-state index contributed by atoms with van der Waals surface area (Å²) in [4.78, 5) is 0. The quantitative estimate of drug-likeness (QED) is 0.847. The van der Waals surface area contributed by atoms with E-state index in [1.807, 2.05) is 18.2 Å². The molecule has 2 N–H and O–H groups in total. The predicted molar refractivity (Wildman–Crippen MR) is 71.5 cm³/mol. The fourth-order valence-electron chi connectivity index (χ4n) is 2.82. The molecule has 1 aliphatic rings. The van der Waals surface area contributed by atoms with Gasteiger partial charge in [0.15, 0.2) is 0 Å². The predicted octanol–water partition coefficient (Wildman–Crippen LogP) is 2.59. The number of benzene rings is 2. The van der Waals surface area contributed by atoms with Gasteiger partial charge in [-0.25, -0.2) is 0 Å². The third-order valence-electron chi connectivity index (χ3n) is 3.73. The second kappa shape index (κ2) is 4.23. The van der Waals surface area contributed by atoms with Crippen LogP contribution in [0.1, 0.15) is 28.2 Å². The van der Waals surface area contributed by atoms with Gasteiger partial charge in [0.25, 0.3) is 0 Å². The minimum atomic E-state index is 0.0425. The van der Waals surface area contributed by atoms with Crippen molar-refractivity contribution < 1.29 is 10.2 Å². The van der Waals surface area contributed by atoms with Gasteiger partial charge in [0.1, 0.15) is 0 Å². The number of hydrogen-bond acceptors (Lipinski definition) is 2. The summed E-state index contributed by atoms with van der Waals surface area (Å²) in [6.45, 7) is 2.22. The molecule has 0 saturated heterocycles. The lowest BCUT2D eigenvalue weighted by molar-refractivity contribution is 0.278. The highest BCUT2D eigenvalue weighted by Crippen LogP contribution is 2.45. The molecule has 18 heavy (non-hydrogen) atoms. The van der Waals surface area contributed by atoms with Crippen molar-refractivity contribution in [3.8, 4) is 11.1 Å².